The predicted molar refractivity (Wildman–Crippen MR) is 68.2 cm³/mol. The lowest BCUT2D eigenvalue weighted by Gasteiger charge is -2.35. The Morgan fingerprint density at radius 1 is 1.28 bits per heavy atom. The first kappa shape index (κ1) is 13.8. The van der Waals surface area contributed by atoms with Crippen molar-refractivity contribution < 1.29 is 14.3 Å². The van der Waals surface area contributed by atoms with Gasteiger partial charge in [0.25, 0.3) is 5.91 Å². The lowest BCUT2D eigenvalue weighted by atomic mass is 10.0. The molecule has 5 nitrogen and oxygen atoms in total. The molecule has 0 aromatic carbocycles. The maximum Gasteiger partial charge on any atom is 0.251 e. The first-order valence-electron chi connectivity index (χ1n) is 7.03. The highest BCUT2D eigenvalue weighted by Crippen LogP contribution is 2.19. The zero-order valence-electron chi connectivity index (χ0n) is 11.0. The average Bonchev–Trinajstić information content (AvgIpc) is 2.46. The predicted octanol–water partition coefficient (Wildman–Crippen LogP) is 0.522. The van der Waals surface area contributed by atoms with Crippen molar-refractivity contribution in [1.29, 1.82) is 0 Å². The third kappa shape index (κ3) is 3.67. The monoisotopic (exact) mass is 256 g/mol. The van der Waals surface area contributed by atoms with Crippen molar-refractivity contribution in [1.82, 2.24) is 4.90 Å². The first-order valence-corrected chi connectivity index (χ1v) is 7.03. The van der Waals surface area contributed by atoms with Crippen molar-refractivity contribution in [2.45, 2.75) is 44.3 Å². The largest absolute Gasteiger partial charge is 0.377 e. The fourth-order valence-corrected chi connectivity index (χ4v) is 2.62. The molecule has 18 heavy (non-hydrogen) atoms. The van der Waals surface area contributed by atoms with Crippen LogP contribution in [0.4, 0.5) is 0 Å². The van der Waals surface area contributed by atoms with E-state index in [0.717, 1.165) is 51.8 Å². The summed E-state index contributed by atoms with van der Waals surface area (Å²) in [5, 5.41) is 0. The van der Waals surface area contributed by atoms with Gasteiger partial charge in [-0.15, -0.1) is 0 Å². The van der Waals surface area contributed by atoms with Gasteiger partial charge in [-0.3, -0.25) is 4.79 Å². The second-order valence-electron chi connectivity index (χ2n) is 5.04. The minimum Gasteiger partial charge on any atom is -0.377 e. The smallest absolute Gasteiger partial charge is 0.251 e. The van der Waals surface area contributed by atoms with Gasteiger partial charge in [0.2, 0.25) is 0 Å². The van der Waals surface area contributed by atoms with Crippen LogP contribution in [0.1, 0.15) is 32.1 Å². The van der Waals surface area contributed by atoms with E-state index in [0.29, 0.717) is 13.2 Å². The molecule has 0 spiro atoms. The Bertz CT molecular complexity index is 259. The molecule has 5 heteroatoms. The summed E-state index contributed by atoms with van der Waals surface area (Å²) in [6, 6.07) is 0. The molecule has 2 fully saturated rings. The van der Waals surface area contributed by atoms with E-state index in [9.17, 15) is 4.79 Å². The standard InChI is InChI=1S/C13H24N2O3/c14-6-10-17-11-4-7-15(8-5-11)13(16)12-3-1-2-9-18-12/h11-12H,1-10,14H2. The number of hydrogen-bond donors (Lipinski definition) is 1. The van der Waals surface area contributed by atoms with Gasteiger partial charge < -0.3 is 20.1 Å². The molecule has 2 heterocycles. The summed E-state index contributed by atoms with van der Waals surface area (Å²) in [5.41, 5.74) is 5.41. The van der Waals surface area contributed by atoms with E-state index in [-0.39, 0.29) is 18.1 Å². The number of carbonyl (C=O) groups is 1. The summed E-state index contributed by atoms with van der Waals surface area (Å²) in [4.78, 5) is 14.1. The Balaban J connectivity index is 1.73. The SMILES string of the molecule is NCCOC1CCN(C(=O)C2CCCCO2)CC1. The van der Waals surface area contributed by atoms with Crippen LogP contribution in [0.15, 0.2) is 0 Å². The van der Waals surface area contributed by atoms with Gasteiger partial charge in [0.05, 0.1) is 12.7 Å². The van der Waals surface area contributed by atoms with Crippen molar-refractivity contribution in [2.75, 3.05) is 32.8 Å². The molecule has 2 N–H and O–H groups in total. The van der Waals surface area contributed by atoms with Crippen molar-refractivity contribution in [3.8, 4) is 0 Å². The number of ether oxygens (including phenoxy) is 2. The summed E-state index contributed by atoms with van der Waals surface area (Å²) >= 11 is 0. The number of likely N-dealkylation sites (tertiary alicyclic amines) is 1. The lowest BCUT2D eigenvalue weighted by Crippen LogP contribution is -2.47. The Morgan fingerprint density at radius 2 is 2.06 bits per heavy atom. The molecule has 0 aromatic heterocycles. The fraction of sp³-hybridized carbons (Fsp3) is 0.923. The molecule has 2 aliphatic heterocycles. The Hall–Kier alpha value is -0.650. The fourth-order valence-electron chi connectivity index (χ4n) is 2.62. The lowest BCUT2D eigenvalue weighted by molar-refractivity contribution is -0.149. The van der Waals surface area contributed by atoms with Crippen molar-refractivity contribution >= 4 is 5.91 Å². The molecule has 0 saturated carbocycles. The minimum atomic E-state index is -0.194. The van der Waals surface area contributed by atoms with Crippen molar-refractivity contribution in [2.24, 2.45) is 5.73 Å². The molecule has 2 aliphatic rings. The van der Waals surface area contributed by atoms with Crippen LogP contribution in [0.5, 0.6) is 0 Å². The molecular formula is C13H24N2O3. The highest BCUT2D eigenvalue weighted by atomic mass is 16.5. The van der Waals surface area contributed by atoms with Gasteiger partial charge in [0, 0.05) is 26.2 Å². The van der Waals surface area contributed by atoms with Crippen LogP contribution >= 0.6 is 0 Å². The van der Waals surface area contributed by atoms with Crippen LogP contribution < -0.4 is 5.73 Å². The average molecular weight is 256 g/mol. The maximum atomic E-state index is 12.2. The summed E-state index contributed by atoms with van der Waals surface area (Å²) < 4.78 is 11.2. The summed E-state index contributed by atoms with van der Waals surface area (Å²) in [7, 11) is 0. The van der Waals surface area contributed by atoms with Crippen molar-refractivity contribution in [3.63, 3.8) is 0 Å². The Morgan fingerprint density at radius 3 is 2.67 bits per heavy atom. The van der Waals surface area contributed by atoms with Gasteiger partial charge in [0.15, 0.2) is 0 Å². The third-order valence-corrected chi connectivity index (χ3v) is 3.68. The maximum absolute atomic E-state index is 12.2. The Kier molecular flexibility index (Phi) is 5.41. The quantitative estimate of drug-likeness (QED) is 0.796. The molecule has 2 saturated heterocycles. The zero-order chi connectivity index (χ0) is 12.8. The topological polar surface area (TPSA) is 64.8 Å². The summed E-state index contributed by atoms with van der Waals surface area (Å²) in [6.45, 7) is 3.48. The minimum absolute atomic E-state index is 0.173. The molecule has 1 unspecified atom stereocenters. The van der Waals surface area contributed by atoms with Gasteiger partial charge >= 0.3 is 0 Å². The molecule has 0 aromatic rings. The number of nitrogens with zero attached hydrogens (tertiary/aromatic N) is 1. The summed E-state index contributed by atoms with van der Waals surface area (Å²) in [5.74, 6) is 0.173. The summed E-state index contributed by atoms with van der Waals surface area (Å²) in [6.07, 6.45) is 4.97. The molecule has 0 bridgehead atoms. The number of piperidine rings is 1. The van der Waals surface area contributed by atoms with Crippen LogP contribution in [0.25, 0.3) is 0 Å². The normalized spacial score (nSPS) is 26.3. The molecule has 2 rings (SSSR count). The van der Waals surface area contributed by atoms with E-state index < -0.39 is 0 Å². The molecule has 1 amide bonds. The van der Waals surface area contributed by atoms with E-state index in [4.69, 9.17) is 15.2 Å². The molecular weight excluding hydrogens is 232 g/mol. The van der Waals surface area contributed by atoms with Crippen LogP contribution in [-0.4, -0.2) is 55.9 Å². The van der Waals surface area contributed by atoms with Crippen LogP contribution in [0.3, 0.4) is 0 Å². The molecule has 104 valence electrons. The first-order chi connectivity index (χ1) is 8.81. The van der Waals surface area contributed by atoms with Gasteiger partial charge in [-0.05, 0) is 32.1 Å². The van der Waals surface area contributed by atoms with E-state index in [2.05, 4.69) is 0 Å². The van der Waals surface area contributed by atoms with E-state index in [1.54, 1.807) is 0 Å². The third-order valence-electron chi connectivity index (χ3n) is 3.68. The second kappa shape index (κ2) is 7.07. The van der Waals surface area contributed by atoms with Crippen LogP contribution in [0.2, 0.25) is 0 Å². The molecule has 0 aliphatic carbocycles. The highest BCUT2D eigenvalue weighted by Gasteiger charge is 2.29. The second-order valence-corrected chi connectivity index (χ2v) is 5.04. The number of amides is 1. The van der Waals surface area contributed by atoms with Gasteiger partial charge in [-0.1, -0.05) is 0 Å². The van der Waals surface area contributed by atoms with Crippen LogP contribution in [-0.2, 0) is 14.3 Å². The number of hydrogen-bond acceptors (Lipinski definition) is 4. The van der Waals surface area contributed by atoms with E-state index >= 15 is 0 Å². The number of carbonyl (C=O) groups excluding carboxylic acids is 1. The van der Waals surface area contributed by atoms with Gasteiger partial charge in [-0.25, -0.2) is 0 Å². The number of rotatable bonds is 4. The zero-order valence-corrected chi connectivity index (χ0v) is 11.0. The number of nitrogens with two attached hydrogens (primary N) is 1. The van der Waals surface area contributed by atoms with Crippen LogP contribution in [0, 0.1) is 0 Å². The van der Waals surface area contributed by atoms with E-state index in [1.807, 2.05) is 4.90 Å². The molecule has 0 radical (unpaired) electrons. The van der Waals surface area contributed by atoms with Crippen molar-refractivity contribution in [3.05, 3.63) is 0 Å². The molecule has 1 atom stereocenters. The Labute approximate surface area is 109 Å². The van der Waals surface area contributed by atoms with E-state index in [1.165, 1.54) is 0 Å². The highest BCUT2D eigenvalue weighted by molar-refractivity contribution is 5.81. The van der Waals surface area contributed by atoms with Gasteiger partial charge in [-0.2, -0.15) is 0 Å². The van der Waals surface area contributed by atoms with Gasteiger partial charge in [0.1, 0.15) is 6.10 Å².